The minimum Gasteiger partial charge on any atom is -0.440 e. The second kappa shape index (κ2) is 8.83. The molecular weight excluding hydrogens is 460 g/mol. The van der Waals surface area contributed by atoms with Crippen molar-refractivity contribution >= 4 is 60.0 Å². The molecule has 0 bridgehead atoms. The molecule has 1 aliphatic heterocycles. The van der Waals surface area contributed by atoms with Gasteiger partial charge in [0.15, 0.2) is 11.3 Å². The van der Waals surface area contributed by atoms with Crippen molar-refractivity contribution in [3.63, 3.8) is 0 Å². The number of morpholine rings is 1. The van der Waals surface area contributed by atoms with Crippen LogP contribution in [0.3, 0.4) is 0 Å². The molecule has 6 nitrogen and oxygen atoms in total. The summed E-state index contributed by atoms with van der Waals surface area (Å²) in [4.78, 5) is 27.4. The number of hydrogen-bond acceptors (Lipinski definition) is 6. The largest absolute Gasteiger partial charge is 0.440 e. The number of thiophene rings is 1. The Balaban J connectivity index is 1.61. The fourth-order valence-corrected chi connectivity index (χ4v) is 5.96. The molecule has 3 aromatic carbocycles. The summed E-state index contributed by atoms with van der Waals surface area (Å²) in [6.45, 7) is 4.43. The summed E-state index contributed by atoms with van der Waals surface area (Å²) in [5, 5.41) is 5.72. The van der Waals surface area contributed by atoms with Gasteiger partial charge in [-0.1, -0.05) is 43.3 Å². The molecule has 3 heterocycles. The minimum atomic E-state index is -0.0611. The molecule has 5 aromatic rings. The van der Waals surface area contributed by atoms with Gasteiger partial charge in [-0.2, -0.15) is 0 Å². The molecule has 7 heteroatoms. The van der Waals surface area contributed by atoms with Gasteiger partial charge < -0.3 is 19.4 Å². The first kappa shape index (κ1) is 21.8. The van der Waals surface area contributed by atoms with Gasteiger partial charge in [0.05, 0.1) is 24.3 Å². The number of anilines is 2. The molecule has 0 spiro atoms. The monoisotopic (exact) mass is 484 g/mol. The number of benzene rings is 3. The van der Waals surface area contributed by atoms with Gasteiger partial charge in [-0.15, -0.1) is 11.3 Å². The summed E-state index contributed by atoms with van der Waals surface area (Å²) >= 11 is 1.68. The van der Waals surface area contributed by atoms with Gasteiger partial charge in [0.25, 0.3) is 0 Å². The summed E-state index contributed by atoms with van der Waals surface area (Å²) in [6.07, 6.45) is 0.407. The van der Waals surface area contributed by atoms with E-state index in [4.69, 9.17) is 9.15 Å². The lowest BCUT2D eigenvalue weighted by molar-refractivity contribution is -0.115. The van der Waals surface area contributed by atoms with E-state index in [1.165, 1.54) is 0 Å². The molecule has 1 saturated heterocycles. The van der Waals surface area contributed by atoms with E-state index in [-0.39, 0.29) is 11.3 Å². The first-order chi connectivity index (χ1) is 17.1. The molecule has 0 saturated carbocycles. The molecule has 0 aliphatic carbocycles. The molecule has 0 unspecified atom stereocenters. The standard InChI is InChI=1S/C28H24N2O4S/c1-2-24(32)29-21-11-10-18(28-26(21)20-6-3-4-9-23(20)35-28)17-7-5-8-19-22(31)16-25(34-27(17)19)30-12-14-33-15-13-30/h3-11,16H,2,12-15H2,1H3,(H,29,32). The van der Waals surface area contributed by atoms with Crippen molar-refractivity contribution in [1.29, 1.82) is 0 Å². The topological polar surface area (TPSA) is 71.8 Å². The van der Waals surface area contributed by atoms with Crippen molar-refractivity contribution < 1.29 is 13.9 Å². The fourth-order valence-electron chi connectivity index (χ4n) is 4.70. The van der Waals surface area contributed by atoms with Crippen LogP contribution in [0.2, 0.25) is 0 Å². The highest BCUT2D eigenvalue weighted by atomic mass is 32.1. The Bertz CT molecular complexity index is 1650. The van der Waals surface area contributed by atoms with E-state index in [0.717, 1.165) is 37.0 Å². The molecule has 176 valence electrons. The SMILES string of the molecule is CCC(=O)Nc1ccc(-c2cccc3c(=O)cc(N4CCOCC4)oc23)c2sc3ccccc3c12. The van der Waals surface area contributed by atoms with E-state index in [1.54, 1.807) is 17.4 Å². The third-order valence-electron chi connectivity index (χ3n) is 6.48. The van der Waals surface area contributed by atoms with Gasteiger partial charge in [0.2, 0.25) is 5.91 Å². The third kappa shape index (κ3) is 3.77. The molecule has 1 fully saturated rings. The van der Waals surface area contributed by atoms with Crippen molar-refractivity contribution in [2.75, 3.05) is 36.5 Å². The van der Waals surface area contributed by atoms with E-state index < -0.39 is 0 Å². The molecular formula is C28H24N2O4S. The molecule has 6 rings (SSSR count). The number of amides is 1. The number of nitrogens with one attached hydrogen (secondary N) is 1. The molecule has 0 atom stereocenters. The molecule has 2 aromatic heterocycles. The maximum Gasteiger partial charge on any atom is 0.224 e. The van der Waals surface area contributed by atoms with Crippen LogP contribution >= 0.6 is 11.3 Å². The average molecular weight is 485 g/mol. The number of carbonyl (C=O) groups excluding carboxylic acids is 1. The number of fused-ring (bicyclic) bond motifs is 4. The van der Waals surface area contributed by atoms with Crippen LogP contribution in [0.15, 0.2) is 69.9 Å². The Labute approximate surface area is 205 Å². The molecule has 35 heavy (non-hydrogen) atoms. The minimum absolute atomic E-state index is 0.0272. The lowest BCUT2D eigenvalue weighted by atomic mass is 9.99. The highest BCUT2D eigenvalue weighted by Crippen LogP contribution is 2.45. The summed E-state index contributed by atoms with van der Waals surface area (Å²) in [7, 11) is 0. The average Bonchev–Trinajstić information content (AvgIpc) is 3.29. The fraction of sp³-hybridized carbons (Fsp3) is 0.214. The predicted molar refractivity (Wildman–Crippen MR) is 143 cm³/mol. The first-order valence-electron chi connectivity index (χ1n) is 11.8. The Kier molecular flexibility index (Phi) is 5.51. The second-order valence-electron chi connectivity index (χ2n) is 8.60. The van der Waals surface area contributed by atoms with E-state index in [1.807, 2.05) is 49.4 Å². The zero-order valence-corrected chi connectivity index (χ0v) is 20.1. The van der Waals surface area contributed by atoms with Crippen LogP contribution in [0.5, 0.6) is 0 Å². The number of carbonyl (C=O) groups is 1. The zero-order chi connectivity index (χ0) is 23.9. The van der Waals surface area contributed by atoms with Gasteiger partial charge in [-0.25, -0.2) is 0 Å². The van der Waals surface area contributed by atoms with Crippen molar-refractivity contribution in [3.05, 3.63) is 70.9 Å². The van der Waals surface area contributed by atoms with Crippen molar-refractivity contribution in [2.24, 2.45) is 0 Å². The van der Waals surface area contributed by atoms with Crippen LogP contribution in [-0.2, 0) is 9.53 Å². The normalized spacial score (nSPS) is 14.1. The van der Waals surface area contributed by atoms with E-state index in [2.05, 4.69) is 22.3 Å². The summed E-state index contributed by atoms with van der Waals surface area (Å²) in [5.74, 6) is 0.540. The van der Waals surface area contributed by atoms with E-state index >= 15 is 0 Å². The Morgan fingerprint density at radius 1 is 1.00 bits per heavy atom. The first-order valence-corrected chi connectivity index (χ1v) is 12.6. The van der Waals surface area contributed by atoms with Crippen molar-refractivity contribution in [3.8, 4) is 11.1 Å². The highest BCUT2D eigenvalue weighted by Gasteiger charge is 2.20. The smallest absolute Gasteiger partial charge is 0.224 e. The van der Waals surface area contributed by atoms with Crippen LogP contribution in [0.4, 0.5) is 11.6 Å². The third-order valence-corrected chi connectivity index (χ3v) is 7.68. The van der Waals surface area contributed by atoms with Gasteiger partial charge in [-0.3, -0.25) is 9.59 Å². The van der Waals surface area contributed by atoms with E-state index in [9.17, 15) is 9.59 Å². The predicted octanol–water partition coefficient (Wildman–Crippen LogP) is 6.01. The summed E-state index contributed by atoms with van der Waals surface area (Å²) in [5.41, 5.74) is 3.14. The number of nitrogens with zero attached hydrogens (tertiary/aromatic N) is 1. The molecule has 0 radical (unpaired) electrons. The summed E-state index contributed by atoms with van der Waals surface area (Å²) in [6, 6.07) is 19.5. The van der Waals surface area contributed by atoms with E-state index in [0.29, 0.717) is 49.6 Å². The number of ether oxygens (including phenoxy) is 1. The number of hydrogen-bond donors (Lipinski definition) is 1. The van der Waals surface area contributed by atoms with Gasteiger partial charge >= 0.3 is 0 Å². The van der Waals surface area contributed by atoms with Crippen LogP contribution in [0, 0.1) is 0 Å². The van der Waals surface area contributed by atoms with Crippen LogP contribution in [0.1, 0.15) is 13.3 Å². The van der Waals surface area contributed by atoms with Crippen molar-refractivity contribution in [2.45, 2.75) is 13.3 Å². The van der Waals surface area contributed by atoms with Gasteiger partial charge in [-0.05, 0) is 18.2 Å². The molecule has 1 N–H and O–H groups in total. The lowest BCUT2D eigenvalue weighted by Gasteiger charge is -2.27. The van der Waals surface area contributed by atoms with Crippen LogP contribution in [0.25, 0.3) is 42.3 Å². The maximum atomic E-state index is 13.1. The lowest BCUT2D eigenvalue weighted by Crippen LogP contribution is -2.36. The molecule has 1 amide bonds. The van der Waals surface area contributed by atoms with Crippen molar-refractivity contribution in [1.82, 2.24) is 0 Å². The van der Waals surface area contributed by atoms with Gasteiger partial charge in [0, 0.05) is 56.9 Å². The highest BCUT2D eigenvalue weighted by molar-refractivity contribution is 7.26. The Hall–Kier alpha value is -3.68. The second-order valence-corrected chi connectivity index (χ2v) is 9.65. The number of rotatable bonds is 4. The van der Waals surface area contributed by atoms with Crippen LogP contribution < -0.4 is 15.6 Å². The molecule has 1 aliphatic rings. The maximum absolute atomic E-state index is 13.1. The summed E-state index contributed by atoms with van der Waals surface area (Å²) < 4.78 is 14.1. The zero-order valence-electron chi connectivity index (χ0n) is 19.3. The number of para-hydroxylation sites is 1. The Morgan fingerprint density at radius 3 is 2.63 bits per heavy atom. The van der Waals surface area contributed by atoms with Crippen LogP contribution in [-0.4, -0.2) is 32.2 Å². The quantitative estimate of drug-likeness (QED) is 0.338. The Morgan fingerprint density at radius 2 is 1.80 bits per heavy atom. The van der Waals surface area contributed by atoms with Gasteiger partial charge in [0.1, 0.15) is 5.58 Å².